The van der Waals surface area contributed by atoms with Gasteiger partial charge in [0.1, 0.15) is 5.69 Å². The molecule has 3 heteroatoms. The highest BCUT2D eigenvalue weighted by molar-refractivity contribution is 5.95. The second kappa shape index (κ2) is 3.87. The Labute approximate surface area is 81.8 Å². The van der Waals surface area contributed by atoms with E-state index < -0.39 is 0 Å². The van der Waals surface area contributed by atoms with E-state index in [1.54, 1.807) is 12.3 Å². The van der Waals surface area contributed by atoms with Crippen LogP contribution in [0.25, 0.3) is 0 Å². The molecule has 0 radical (unpaired) electrons. The summed E-state index contributed by atoms with van der Waals surface area (Å²) in [5, 5.41) is 6.40. The van der Waals surface area contributed by atoms with Crippen molar-refractivity contribution in [2.24, 2.45) is 0 Å². The molecule has 0 saturated heterocycles. The number of Topliss-reactive ketones (excluding diaryl/α,β-unsaturated/α-hetero) is 1. The van der Waals surface area contributed by atoms with Crippen molar-refractivity contribution in [3.8, 4) is 0 Å². The average Bonchev–Trinajstić information content (AvgIpc) is 2.72. The van der Waals surface area contributed by atoms with Crippen LogP contribution in [0.4, 0.5) is 0 Å². The molecule has 0 aliphatic heterocycles. The van der Waals surface area contributed by atoms with Gasteiger partial charge in [0.25, 0.3) is 0 Å². The fourth-order valence-electron chi connectivity index (χ4n) is 1.29. The van der Waals surface area contributed by atoms with Crippen LogP contribution in [0.3, 0.4) is 0 Å². The maximum absolute atomic E-state index is 11.6. The molecule has 14 heavy (non-hydrogen) atoms. The molecule has 2 rings (SSSR count). The number of hydrogen-bond donors (Lipinski definition) is 1. The zero-order chi connectivity index (χ0) is 9.80. The summed E-state index contributed by atoms with van der Waals surface area (Å²) in [6, 6.07) is 11.4. The summed E-state index contributed by atoms with van der Waals surface area (Å²) in [5.74, 6) is 0.0636. The van der Waals surface area contributed by atoms with Gasteiger partial charge in [-0.1, -0.05) is 30.3 Å². The van der Waals surface area contributed by atoms with E-state index in [0.29, 0.717) is 12.1 Å². The summed E-state index contributed by atoms with van der Waals surface area (Å²) in [4.78, 5) is 11.6. The van der Waals surface area contributed by atoms with Gasteiger partial charge in [-0.25, -0.2) is 0 Å². The molecule has 0 bridgehead atoms. The zero-order valence-corrected chi connectivity index (χ0v) is 7.60. The van der Waals surface area contributed by atoms with E-state index >= 15 is 0 Å². The summed E-state index contributed by atoms with van der Waals surface area (Å²) >= 11 is 0. The molecule has 0 aliphatic rings. The summed E-state index contributed by atoms with van der Waals surface area (Å²) in [7, 11) is 0. The van der Waals surface area contributed by atoms with E-state index in [4.69, 9.17) is 0 Å². The monoisotopic (exact) mass is 186 g/mol. The van der Waals surface area contributed by atoms with Gasteiger partial charge >= 0.3 is 0 Å². The molecule has 0 saturated carbocycles. The Hall–Kier alpha value is -1.90. The summed E-state index contributed by atoms with van der Waals surface area (Å²) in [5.41, 5.74) is 1.58. The number of hydrogen-bond acceptors (Lipinski definition) is 2. The third-order valence-corrected chi connectivity index (χ3v) is 2.01. The maximum atomic E-state index is 11.6. The van der Waals surface area contributed by atoms with Crippen LogP contribution < -0.4 is 0 Å². The Balaban J connectivity index is 2.10. The van der Waals surface area contributed by atoms with E-state index in [-0.39, 0.29) is 5.78 Å². The molecule has 2 aromatic rings. The van der Waals surface area contributed by atoms with Crippen LogP contribution in [0.2, 0.25) is 0 Å². The average molecular weight is 186 g/mol. The molecule has 0 amide bonds. The third-order valence-electron chi connectivity index (χ3n) is 2.01. The first-order valence-electron chi connectivity index (χ1n) is 4.43. The fourth-order valence-corrected chi connectivity index (χ4v) is 1.29. The number of aromatic amines is 1. The zero-order valence-electron chi connectivity index (χ0n) is 7.60. The van der Waals surface area contributed by atoms with Gasteiger partial charge in [0.2, 0.25) is 0 Å². The lowest BCUT2D eigenvalue weighted by atomic mass is 10.1. The number of rotatable bonds is 3. The summed E-state index contributed by atoms with van der Waals surface area (Å²) in [6.07, 6.45) is 2.00. The SMILES string of the molecule is O=C(Cc1ccccc1)c1ccn[nH]1. The Kier molecular flexibility index (Phi) is 2.40. The second-order valence-corrected chi connectivity index (χ2v) is 3.06. The number of H-pyrrole nitrogens is 1. The van der Waals surface area contributed by atoms with Crippen molar-refractivity contribution < 1.29 is 4.79 Å². The van der Waals surface area contributed by atoms with Crippen molar-refractivity contribution in [2.45, 2.75) is 6.42 Å². The molecule has 0 unspecified atom stereocenters. The first-order valence-corrected chi connectivity index (χ1v) is 4.43. The number of carbonyl (C=O) groups is 1. The Morgan fingerprint density at radius 3 is 2.64 bits per heavy atom. The first-order chi connectivity index (χ1) is 6.86. The Morgan fingerprint density at radius 1 is 1.21 bits per heavy atom. The van der Waals surface area contributed by atoms with Crippen LogP contribution in [-0.4, -0.2) is 16.0 Å². The van der Waals surface area contributed by atoms with Gasteiger partial charge in [0, 0.05) is 12.6 Å². The van der Waals surface area contributed by atoms with E-state index in [0.717, 1.165) is 5.56 Å². The number of benzene rings is 1. The largest absolute Gasteiger partial charge is 0.292 e. The number of aromatic nitrogens is 2. The number of nitrogens with one attached hydrogen (secondary N) is 1. The highest BCUT2D eigenvalue weighted by Gasteiger charge is 2.06. The van der Waals surface area contributed by atoms with Crippen molar-refractivity contribution >= 4 is 5.78 Å². The predicted octanol–water partition coefficient (Wildman–Crippen LogP) is 1.84. The van der Waals surface area contributed by atoms with Gasteiger partial charge in [-0.2, -0.15) is 5.10 Å². The number of carbonyl (C=O) groups excluding carboxylic acids is 1. The molecule has 3 nitrogen and oxygen atoms in total. The molecule has 70 valence electrons. The molecule has 0 fully saturated rings. The topological polar surface area (TPSA) is 45.8 Å². The van der Waals surface area contributed by atoms with Crippen molar-refractivity contribution in [3.05, 3.63) is 53.9 Å². The standard InChI is InChI=1S/C11H10N2O/c14-11(10-6-7-12-13-10)8-9-4-2-1-3-5-9/h1-7H,8H2,(H,12,13). The lowest BCUT2D eigenvalue weighted by Crippen LogP contribution is -2.03. The minimum Gasteiger partial charge on any atom is -0.292 e. The third kappa shape index (κ3) is 1.88. The molecule has 1 aromatic carbocycles. The van der Waals surface area contributed by atoms with E-state index in [1.807, 2.05) is 30.3 Å². The van der Waals surface area contributed by atoms with Gasteiger partial charge in [-0.3, -0.25) is 9.89 Å². The molecule has 1 heterocycles. The number of ketones is 1. The van der Waals surface area contributed by atoms with Crippen LogP contribution in [0.1, 0.15) is 16.1 Å². The van der Waals surface area contributed by atoms with Crippen LogP contribution >= 0.6 is 0 Å². The highest BCUT2D eigenvalue weighted by Crippen LogP contribution is 2.04. The van der Waals surface area contributed by atoms with Gasteiger partial charge in [0.05, 0.1) is 0 Å². The van der Waals surface area contributed by atoms with Gasteiger partial charge < -0.3 is 0 Å². The molecule has 0 aliphatic carbocycles. The minimum atomic E-state index is 0.0636. The molecule has 0 spiro atoms. The smallest absolute Gasteiger partial charge is 0.184 e. The normalized spacial score (nSPS) is 10.0. The minimum absolute atomic E-state index is 0.0636. The Bertz CT molecular complexity index is 406. The van der Waals surface area contributed by atoms with Gasteiger partial charge in [-0.15, -0.1) is 0 Å². The predicted molar refractivity (Wildman–Crippen MR) is 53.1 cm³/mol. The Morgan fingerprint density at radius 2 is 2.00 bits per heavy atom. The van der Waals surface area contributed by atoms with Crippen LogP contribution in [0, 0.1) is 0 Å². The second-order valence-electron chi connectivity index (χ2n) is 3.06. The molecular weight excluding hydrogens is 176 g/mol. The molecule has 0 atom stereocenters. The first kappa shape index (κ1) is 8.69. The molecule has 1 aromatic heterocycles. The van der Waals surface area contributed by atoms with Crippen molar-refractivity contribution in [1.29, 1.82) is 0 Å². The maximum Gasteiger partial charge on any atom is 0.184 e. The van der Waals surface area contributed by atoms with Crippen molar-refractivity contribution in [1.82, 2.24) is 10.2 Å². The van der Waals surface area contributed by atoms with E-state index in [9.17, 15) is 4.79 Å². The summed E-state index contributed by atoms with van der Waals surface area (Å²) < 4.78 is 0. The van der Waals surface area contributed by atoms with E-state index in [1.165, 1.54) is 0 Å². The molecule has 1 N–H and O–H groups in total. The fraction of sp³-hybridized carbons (Fsp3) is 0.0909. The summed E-state index contributed by atoms with van der Waals surface area (Å²) in [6.45, 7) is 0. The van der Waals surface area contributed by atoms with Crippen LogP contribution in [0.15, 0.2) is 42.6 Å². The van der Waals surface area contributed by atoms with Crippen molar-refractivity contribution in [2.75, 3.05) is 0 Å². The van der Waals surface area contributed by atoms with Crippen LogP contribution in [-0.2, 0) is 6.42 Å². The van der Waals surface area contributed by atoms with Gasteiger partial charge in [0.15, 0.2) is 5.78 Å². The highest BCUT2D eigenvalue weighted by atomic mass is 16.1. The lowest BCUT2D eigenvalue weighted by Gasteiger charge is -1.97. The molecular formula is C11H10N2O. The lowest BCUT2D eigenvalue weighted by molar-refractivity contribution is 0.0988. The number of nitrogens with zero attached hydrogens (tertiary/aromatic N) is 1. The van der Waals surface area contributed by atoms with Crippen LogP contribution in [0.5, 0.6) is 0 Å². The quantitative estimate of drug-likeness (QED) is 0.743. The van der Waals surface area contributed by atoms with Crippen molar-refractivity contribution in [3.63, 3.8) is 0 Å². The van der Waals surface area contributed by atoms with Gasteiger partial charge in [-0.05, 0) is 11.6 Å². The van der Waals surface area contributed by atoms with E-state index in [2.05, 4.69) is 10.2 Å².